The lowest BCUT2D eigenvalue weighted by atomic mass is 10.1. The van der Waals surface area contributed by atoms with E-state index in [1.165, 1.54) is 35.4 Å². The van der Waals surface area contributed by atoms with Gasteiger partial charge in [-0.15, -0.1) is 0 Å². The lowest BCUT2D eigenvalue weighted by Gasteiger charge is -2.15. The number of hydrogen-bond donors (Lipinski definition) is 1. The Morgan fingerprint density at radius 1 is 1.27 bits per heavy atom. The molecular formula is C24H30N4O3S2. The van der Waals surface area contributed by atoms with Crippen LogP contribution < -0.4 is 10.9 Å². The van der Waals surface area contributed by atoms with Gasteiger partial charge in [0.1, 0.15) is 15.8 Å². The quantitative estimate of drug-likeness (QED) is 0.302. The van der Waals surface area contributed by atoms with Gasteiger partial charge in [0.15, 0.2) is 0 Å². The number of amides is 1. The predicted octanol–water partition coefficient (Wildman–Crippen LogP) is 4.46. The Hall–Kier alpha value is -2.23. The Labute approximate surface area is 203 Å². The maximum absolute atomic E-state index is 13.3. The largest absolute Gasteiger partial charge is 0.376 e. The normalized spacial score (nSPS) is 19.8. The number of fused-ring (bicyclic) bond motifs is 1. The number of thiocarbonyl (C=S) groups is 1. The minimum absolute atomic E-state index is 0.0970. The molecule has 9 heteroatoms. The number of carbonyl (C=O) groups is 1. The maximum atomic E-state index is 13.3. The van der Waals surface area contributed by atoms with Crippen molar-refractivity contribution in [3.8, 4) is 0 Å². The fourth-order valence-electron chi connectivity index (χ4n) is 4.08. The number of aromatic nitrogens is 2. The molecule has 2 aromatic heterocycles. The van der Waals surface area contributed by atoms with Crippen LogP contribution in [0.1, 0.15) is 57.4 Å². The van der Waals surface area contributed by atoms with Crippen molar-refractivity contribution < 1.29 is 9.53 Å². The van der Waals surface area contributed by atoms with E-state index >= 15 is 0 Å². The van der Waals surface area contributed by atoms with Crippen molar-refractivity contribution in [2.75, 3.05) is 25.0 Å². The molecule has 2 saturated heterocycles. The van der Waals surface area contributed by atoms with Crippen LogP contribution in [-0.4, -0.2) is 50.3 Å². The summed E-state index contributed by atoms with van der Waals surface area (Å²) in [4.78, 5) is 33.2. The minimum atomic E-state index is -0.222. The number of thioether (sulfide) groups is 1. The smallest absolute Gasteiger partial charge is 0.267 e. The molecule has 1 amide bonds. The molecule has 2 fully saturated rings. The van der Waals surface area contributed by atoms with Crippen molar-refractivity contribution in [2.24, 2.45) is 0 Å². The van der Waals surface area contributed by atoms with Gasteiger partial charge in [0, 0.05) is 25.9 Å². The SMILES string of the molecule is CCCCCCCN1C(=O)/C(=C\c2c(NCC3CCCO3)nc3ccccn3c2=O)SC1=S. The molecule has 176 valence electrons. The maximum Gasteiger partial charge on any atom is 0.267 e. The summed E-state index contributed by atoms with van der Waals surface area (Å²) in [6.07, 6.45) is 11.0. The van der Waals surface area contributed by atoms with Gasteiger partial charge in [-0.1, -0.05) is 62.7 Å². The third kappa shape index (κ3) is 5.65. The number of anilines is 1. The van der Waals surface area contributed by atoms with Crippen LogP contribution in [0.5, 0.6) is 0 Å². The van der Waals surface area contributed by atoms with Crippen LogP contribution in [0.2, 0.25) is 0 Å². The van der Waals surface area contributed by atoms with Gasteiger partial charge in [0.2, 0.25) is 0 Å². The van der Waals surface area contributed by atoms with Gasteiger partial charge < -0.3 is 10.1 Å². The van der Waals surface area contributed by atoms with Gasteiger partial charge in [-0.3, -0.25) is 18.9 Å². The van der Waals surface area contributed by atoms with E-state index in [9.17, 15) is 9.59 Å². The van der Waals surface area contributed by atoms with E-state index in [4.69, 9.17) is 17.0 Å². The highest BCUT2D eigenvalue weighted by atomic mass is 32.2. The summed E-state index contributed by atoms with van der Waals surface area (Å²) in [5.74, 6) is 0.328. The molecule has 0 aromatic carbocycles. The third-order valence-electron chi connectivity index (χ3n) is 5.92. The standard InChI is InChI=1S/C24H30N4O3S2/c1-2-3-4-5-7-13-28-23(30)19(33-24(28)32)15-18-21(25-16-17-10-9-14-31-17)26-20-11-6-8-12-27(20)22(18)29/h6,8,11-12,15,17,25H,2-5,7,9-10,13-14,16H2,1H3/b19-15+. The Morgan fingerprint density at radius 3 is 2.91 bits per heavy atom. The average molecular weight is 487 g/mol. The summed E-state index contributed by atoms with van der Waals surface area (Å²) in [6.45, 7) is 4.12. The molecule has 7 nitrogen and oxygen atoms in total. The van der Waals surface area contributed by atoms with E-state index in [0.717, 1.165) is 32.3 Å². The fraction of sp³-hybridized carbons (Fsp3) is 0.500. The van der Waals surface area contributed by atoms with E-state index in [1.807, 2.05) is 6.07 Å². The molecule has 0 radical (unpaired) electrons. The number of unbranched alkanes of at least 4 members (excludes halogenated alkanes) is 4. The minimum Gasteiger partial charge on any atom is -0.376 e. The Balaban J connectivity index is 1.58. The van der Waals surface area contributed by atoms with Crippen molar-refractivity contribution >= 4 is 51.7 Å². The highest BCUT2D eigenvalue weighted by molar-refractivity contribution is 8.26. The molecule has 0 aliphatic carbocycles. The lowest BCUT2D eigenvalue weighted by Crippen LogP contribution is -2.29. The molecular weight excluding hydrogens is 456 g/mol. The molecule has 0 saturated carbocycles. The Kier molecular flexibility index (Phi) is 8.16. The van der Waals surface area contributed by atoms with E-state index in [2.05, 4.69) is 17.2 Å². The molecule has 2 aliphatic rings. The number of nitrogens with zero attached hydrogens (tertiary/aromatic N) is 3. The van der Waals surface area contributed by atoms with Crippen LogP contribution in [0.25, 0.3) is 11.7 Å². The van der Waals surface area contributed by atoms with Crippen molar-refractivity contribution in [3.63, 3.8) is 0 Å². The summed E-state index contributed by atoms with van der Waals surface area (Å²) in [6, 6.07) is 5.43. The summed E-state index contributed by atoms with van der Waals surface area (Å²) in [7, 11) is 0. The van der Waals surface area contributed by atoms with Crippen LogP contribution in [0, 0.1) is 0 Å². The zero-order valence-corrected chi connectivity index (χ0v) is 20.6. The van der Waals surface area contributed by atoms with E-state index < -0.39 is 0 Å². The van der Waals surface area contributed by atoms with Crippen molar-refractivity contribution in [1.82, 2.24) is 14.3 Å². The third-order valence-corrected chi connectivity index (χ3v) is 7.30. The molecule has 1 atom stereocenters. The molecule has 2 aliphatic heterocycles. The Morgan fingerprint density at radius 2 is 2.12 bits per heavy atom. The molecule has 4 rings (SSSR count). The zero-order valence-electron chi connectivity index (χ0n) is 18.9. The van der Waals surface area contributed by atoms with Gasteiger partial charge in [0.05, 0.1) is 16.6 Å². The lowest BCUT2D eigenvalue weighted by molar-refractivity contribution is -0.122. The first-order valence-corrected chi connectivity index (χ1v) is 12.9. The number of rotatable bonds is 10. The molecule has 0 spiro atoms. The molecule has 33 heavy (non-hydrogen) atoms. The first-order chi connectivity index (χ1) is 16.1. The van der Waals surface area contributed by atoms with Gasteiger partial charge in [0.25, 0.3) is 11.5 Å². The Bertz CT molecular complexity index is 1110. The molecule has 1 unspecified atom stereocenters. The summed E-state index contributed by atoms with van der Waals surface area (Å²) < 4.78 is 7.75. The number of nitrogens with one attached hydrogen (secondary N) is 1. The topological polar surface area (TPSA) is 75.9 Å². The zero-order chi connectivity index (χ0) is 23.2. The first kappa shape index (κ1) is 23.9. The van der Waals surface area contributed by atoms with E-state index in [-0.39, 0.29) is 17.6 Å². The number of ether oxygens (including phenoxy) is 1. The second kappa shape index (κ2) is 11.3. The summed E-state index contributed by atoms with van der Waals surface area (Å²) in [5, 5.41) is 3.29. The first-order valence-electron chi connectivity index (χ1n) is 11.7. The number of hydrogen-bond acceptors (Lipinski definition) is 7. The van der Waals surface area contributed by atoms with Crippen LogP contribution in [0.15, 0.2) is 34.1 Å². The van der Waals surface area contributed by atoms with E-state index in [0.29, 0.717) is 39.3 Å². The predicted molar refractivity (Wildman–Crippen MR) is 138 cm³/mol. The number of carbonyl (C=O) groups excluding carboxylic acids is 1. The van der Waals surface area contributed by atoms with Crippen molar-refractivity contribution in [1.29, 1.82) is 0 Å². The van der Waals surface area contributed by atoms with Crippen molar-refractivity contribution in [3.05, 3.63) is 45.2 Å². The van der Waals surface area contributed by atoms with Crippen molar-refractivity contribution in [2.45, 2.75) is 58.0 Å². The van der Waals surface area contributed by atoms with Gasteiger partial charge in [-0.2, -0.15) is 0 Å². The summed E-state index contributed by atoms with van der Waals surface area (Å²) >= 11 is 6.73. The highest BCUT2D eigenvalue weighted by Crippen LogP contribution is 2.33. The fourth-order valence-corrected chi connectivity index (χ4v) is 5.37. The van der Waals surface area contributed by atoms with Crippen LogP contribution in [-0.2, 0) is 9.53 Å². The van der Waals surface area contributed by atoms with Crippen LogP contribution in [0.3, 0.4) is 0 Å². The highest BCUT2D eigenvalue weighted by Gasteiger charge is 2.32. The number of pyridine rings is 1. The van der Waals surface area contributed by atoms with E-state index in [1.54, 1.807) is 29.3 Å². The second-order valence-electron chi connectivity index (χ2n) is 8.37. The summed E-state index contributed by atoms with van der Waals surface area (Å²) in [5.41, 5.74) is 0.689. The van der Waals surface area contributed by atoms with Crippen LogP contribution in [0.4, 0.5) is 5.82 Å². The van der Waals surface area contributed by atoms with Gasteiger partial charge >= 0.3 is 0 Å². The van der Waals surface area contributed by atoms with Crippen LogP contribution >= 0.6 is 24.0 Å². The molecule has 4 heterocycles. The van der Waals surface area contributed by atoms with Gasteiger partial charge in [-0.25, -0.2) is 4.98 Å². The molecule has 1 N–H and O–H groups in total. The van der Waals surface area contributed by atoms with Gasteiger partial charge in [-0.05, 0) is 37.5 Å². The average Bonchev–Trinajstić information content (AvgIpc) is 3.43. The molecule has 2 aromatic rings. The molecule has 0 bridgehead atoms. The second-order valence-corrected chi connectivity index (χ2v) is 10.0. The monoisotopic (exact) mass is 486 g/mol.